The van der Waals surface area contributed by atoms with Crippen molar-refractivity contribution in [2.75, 3.05) is 0 Å². The van der Waals surface area contributed by atoms with Gasteiger partial charge in [-0.1, -0.05) is 19.1 Å². The second kappa shape index (κ2) is 5.26. The SMILES string of the molecule is CCc1nn2cc3c(nc2c1-c1ccc(F)cc1)CCCC3=O. The molecule has 4 nitrogen and oxygen atoms in total. The summed E-state index contributed by atoms with van der Waals surface area (Å²) in [5, 5.41) is 4.58. The van der Waals surface area contributed by atoms with Gasteiger partial charge in [0, 0.05) is 18.2 Å². The maximum atomic E-state index is 13.2. The van der Waals surface area contributed by atoms with E-state index in [4.69, 9.17) is 4.98 Å². The molecule has 0 fully saturated rings. The van der Waals surface area contributed by atoms with Crippen molar-refractivity contribution >= 4 is 11.4 Å². The molecule has 0 amide bonds. The topological polar surface area (TPSA) is 47.3 Å². The van der Waals surface area contributed by atoms with Gasteiger partial charge >= 0.3 is 0 Å². The fraction of sp³-hybridized carbons (Fsp3) is 0.278. The predicted molar refractivity (Wildman–Crippen MR) is 85.0 cm³/mol. The molecule has 0 saturated heterocycles. The average Bonchev–Trinajstić information content (AvgIpc) is 2.92. The monoisotopic (exact) mass is 309 g/mol. The number of rotatable bonds is 2. The molecule has 0 bridgehead atoms. The highest BCUT2D eigenvalue weighted by molar-refractivity contribution is 5.98. The zero-order valence-electron chi connectivity index (χ0n) is 12.8. The van der Waals surface area contributed by atoms with Gasteiger partial charge in [0.05, 0.1) is 17.0 Å². The number of halogens is 1. The lowest BCUT2D eigenvalue weighted by molar-refractivity contribution is 0.0971. The van der Waals surface area contributed by atoms with Crippen molar-refractivity contribution in [3.63, 3.8) is 0 Å². The number of hydrogen-bond donors (Lipinski definition) is 0. The molecule has 2 heterocycles. The first-order valence-corrected chi connectivity index (χ1v) is 7.87. The van der Waals surface area contributed by atoms with Crippen molar-refractivity contribution in [1.29, 1.82) is 0 Å². The van der Waals surface area contributed by atoms with Crippen LogP contribution in [0.4, 0.5) is 4.39 Å². The number of fused-ring (bicyclic) bond motifs is 2. The van der Waals surface area contributed by atoms with Gasteiger partial charge in [-0.25, -0.2) is 13.9 Å². The van der Waals surface area contributed by atoms with E-state index in [1.807, 2.05) is 6.92 Å². The Balaban J connectivity index is 1.99. The quantitative estimate of drug-likeness (QED) is 0.726. The summed E-state index contributed by atoms with van der Waals surface area (Å²) in [5.74, 6) is -0.128. The predicted octanol–water partition coefficient (Wildman–Crippen LogP) is 3.62. The van der Waals surface area contributed by atoms with Crippen molar-refractivity contribution in [2.45, 2.75) is 32.6 Å². The van der Waals surface area contributed by atoms with Crippen LogP contribution in [-0.4, -0.2) is 20.4 Å². The molecule has 23 heavy (non-hydrogen) atoms. The summed E-state index contributed by atoms with van der Waals surface area (Å²) in [5.41, 5.74) is 4.99. The minimum atomic E-state index is -0.265. The third-order valence-electron chi connectivity index (χ3n) is 4.35. The summed E-state index contributed by atoms with van der Waals surface area (Å²) < 4.78 is 14.9. The van der Waals surface area contributed by atoms with E-state index in [1.165, 1.54) is 12.1 Å². The van der Waals surface area contributed by atoms with E-state index in [0.717, 1.165) is 47.4 Å². The lowest BCUT2D eigenvalue weighted by Crippen LogP contribution is -2.14. The smallest absolute Gasteiger partial charge is 0.166 e. The highest BCUT2D eigenvalue weighted by atomic mass is 19.1. The first-order valence-electron chi connectivity index (χ1n) is 7.87. The van der Waals surface area contributed by atoms with E-state index in [9.17, 15) is 9.18 Å². The Morgan fingerprint density at radius 3 is 2.74 bits per heavy atom. The molecule has 4 rings (SSSR count). The molecule has 5 heteroatoms. The maximum Gasteiger partial charge on any atom is 0.166 e. The summed E-state index contributed by atoms with van der Waals surface area (Å²) in [6.07, 6.45) is 4.77. The van der Waals surface area contributed by atoms with Crippen LogP contribution >= 0.6 is 0 Å². The molecule has 0 unspecified atom stereocenters. The lowest BCUT2D eigenvalue weighted by atomic mass is 9.96. The van der Waals surface area contributed by atoms with Gasteiger partial charge in [0.25, 0.3) is 0 Å². The highest BCUT2D eigenvalue weighted by Gasteiger charge is 2.22. The summed E-state index contributed by atoms with van der Waals surface area (Å²) in [7, 11) is 0. The van der Waals surface area contributed by atoms with Gasteiger partial charge in [0.1, 0.15) is 5.82 Å². The molecule has 1 aliphatic rings. The van der Waals surface area contributed by atoms with Gasteiger partial charge < -0.3 is 0 Å². The van der Waals surface area contributed by atoms with E-state index in [2.05, 4.69) is 5.10 Å². The Hall–Kier alpha value is -2.56. The van der Waals surface area contributed by atoms with E-state index in [1.54, 1.807) is 22.8 Å². The molecule has 0 aliphatic heterocycles. The van der Waals surface area contributed by atoms with Gasteiger partial charge in [-0.05, 0) is 37.0 Å². The van der Waals surface area contributed by atoms with Crippen molar-refractivity contribution in [3.8, 4) is 11.1 Å². The van der Waals surface area contributed by atoms with E-state index in [-0.39, 0.29) is 11.6 Å². The first-order chi connectivity index (χ1) is 11.2. The maximum absolute atomic E-state index is 13.2. The van der Waals surface area contributed by atoms with E-state index >= 15 is 0 Å². The molecular formula is C18H16FN3O. The van der Waals surface area contributed by atoms with Crippen LogP contribution in [0.3, 0.4) is 0 Å². The molecule has 1 aliphatic carbocycles. The summed E-state index contributed by atoms with van der Waals surface area (Å²) in [6.45, 7) is 2.03. The van der Waals surface area contributed by atoms with Gasteiger partial charge in [0.2, 0.25) is 0 Å². The fourth-order valence-electron chi connectivity index (χ4n) is 3.19. The number of aromatic nitrogens is 3. The second-order valence-electron chi connectivity index (χ2n) is 5.83. The van der Waals surface area contributed by atoms with Crippen LogP contribution in [0.25, 0.3) is 16.8 Å². The van der Waals surface area contributed by atoms with Gasteiger partial charge in [0.15, 0.2) is 11.4 Å². The minimum Gasteiger partial charge on any atom is -0.294 e. The van der Waals surface area contributed by atoms with Gasteiger partial charge in [-0.15, -0.1) is 0 Å². The van der Waals surface area contributed by atoms with Crippen molar-refractivity contribution in [2.24, 2.45) is 0 Å². The molecule has 3 aromatic rings. The van der Waals surface area contributed by atoms with E-state index in [0.29, 0.717) is 12.0 Å². The van der Waals surface area contributed by atoms with Crippen molar-refractivity contribution < 1.29 is 9.18 Å². The van der Waals surface area contributed by atoms with E-state index < -0.39 is 0 Å². The summed E-state index contributed by atoms with van der Waals surface area (Å²) >= 11 is 0. The van der Waals surface area contributed by atoms with Gasteiger partial charge in [-0.2, -0.15) is 5.10 Å². The number of hydrogen-bond acceptors (Lipinski definition) is 3. The zero-order valence-corrected chi connectivity index (χ0v) is 12.8. The standard InChI is InChI=1S/C18H16FN3O/c1-2-14-17(11-6-8-12(19)9-7-11)18-20-15-4-3-5-16(23)13(15)10-22(18)21-14/h6-10H,2-5H2,1H3. The van der Waals surface area contributed by atoms with Crippen LogP contribution in [0.2, 0.25) is 0 Å². The Bertz CT molecular complexity index is 912. The molecule has 0 spiro atoms. The Labute approximate surface area is 133 Å². The highest BCUT2D eigenvalue weighted by Crippen LogP contribution is 2.30. The van der Waals surface area contributed by atoms with Crippen molar-refractivity contribution in [3.05, 3.63) is 53.2 Å². The lowest BCUT2D eigenvalue weighted by Gasteiger charge is -2.13. The van der Waals surface area contributed by atoms with Crippen LogP contribution in [0, 0.1) is 5.82 Å². The fourth-order valence-corrected chi connectivity index (χ4v) is 3.19. The second-order valence-corrected chi connectivity index (χ2v) is 5.83. The number of nitrogens with zero attached hydrogens (tertiary/aromatic N) is 3. The largest absolute Gasteiger partial charge is 0.294 e. The number of ketones is 1. The molecule has 1 aromatic carbocycles. The summed E-state index contributed by atoms with van der Waals surface area (Å²) in [4.78, 5) is 16.8. The molecule has 116 valence electrons. The van der Waals surface area contributed by atoms with Crippen LogP contribution in [-0.2, 0) is 12.8 Å². The van der Waals surface area contributed by atoms with Crippen LogP contribution in [0.5, 0.6) is 0 Å². The Morgan fingerprint density at radius 1 is 1.22 bits per heavy atom. The third kappa shape index (κ3) is 2.23. The van der Waals surface area contributed by atoms with Crippen molar-refractivity contribution in [1.82, 2.24) is 14.6 Å². The minimum absolute atomic E-state index is 0.137. The molecule has 0 N–H and O–H groups in total. The van der Waals surface area contributed by atoms with Gasteiger partial charge in [-0.3, -0.25) is 4.79 Å². The first kappa shape index (κ1) is 14.1. The zero-order chi connectivity index (χ0) is 16.0. The number of benzene rings is 1. The van der Waals surface area contributed by atoms with Crippen LogP contribution in [0.15, 0.2) is 30.5 Å². The molecule has 0 radical (unpaired) electrons. The molecule has 0 saturated carbocycles. The number of carbonyl (C=O) groups excluding carboxylic acids is 1. The number of carbonyl (C=O) groups is 1. The normalized spacial score (nSPS) is 14.3. The molecule has 2 aromatic heterocycles. The number of Topliss-reactive ketones (excluding diaryl/α,β-unsaturated/α-hetero) is 1. The Morgan fingerprint density at radius 2 is 2.00 bits per heavy atom. The van der Waals surface area contributed by atoms with Crippen LogP contribution < -0.4 is 0 Å². The average molecular weight is 309 g/mol. The van der Waals surface area contributed by atoms with Crippen LogP contribution in [0.1, 0.15) is 41.5 Å². The molecular weight excluding hydrogens is 293 g/mol. The molecule has 0 atom stereocenters. The summed E-state index contributed by atoms with van der Waals surface area (Å²) in [6, 6.07) is 6.38. The number of aryl methyl sites for hydroxylation is 2. The third-order valence-corrected chi connectivity index (χ3v) is 4.35. The Kier molecular flexibility index (Phi) is 3.22.